The van der Waals surface area contributed by atoms with Gasteiger partial charge in [0.1, 0.15) is 0 Å². The fourth-order valence-electron chi connectivity index (χ4n) is 1.10. The van der Waals surface area contributed by atoms with Crippen LogP contribution in [0.15, 0.2) is 22.1 Å². The Kier molecular flexibility index (Phi) is 4.35. The second kappa shape index (κ2) is 5.56. The lowest BCUT2D eigenvalue weighted by Gasteiger charge is -2.05. The number of nitrogens with zero attached hydrogens (tertiary/aromatic N) is 2. The number of halogens is 2. The summed E-state index contributed by atoms with van der Waals surface area (Å²) >= 11 is 11.6. The summed E-state index contributed by atoms with van der Waals surface area (Å²) < 4.78 is 0. The van der Waals surface area contributed by atoms with E-state index in [9.17, 15) is 4.79 Å². The molecule has 0 amide bonds. The van der Waals surface area contributed by atoms with E-state index in [1.165, 1.54) is 12.1 Å². The standard InChI is InChI=1S/C9H9Cl2N5O2/c10-3-1-2-4(6(11)5(3)7(17)18)15-9(14)16-8(12)13/h1-2H,(H,17,18)(H6,12,13,14,15,16). The van der Waals surface area contributed by atoms with Crippen molar-refractivity contribution in [2.45, 2.75) is 0 Å². The zero-order valence-electron chi connectivity index (χ0n) is 8.89. The van der Waals surface area contributed by atoms with Crippen molar-refractivity contribution in [1.82, 2.24) is 0 Å². The highest BCUT2D eigenvalue weighted by Gasteiger charge is 2.16. The van der Waals surface area contributed by atoms with E-state index in [-0.39, 0.29) is 33.2 Å². The van der Waals surface area contributed by atoms with Gasteiger partial charge in [0, 0.05) is 0 Å². The molecule has 0 saturated carbocycles. The summed E-state index contributed by atoms with van der Waals surface area (Å²) in [4.78, 5) is 18.2. The largest absolute Gasteiger partial charge is 0.478 e. The van der Waals surface area contributed by atoms with Crippen molar-refractivity contribution in [2.24, 2.45) is 27.2 Å². The van der Waals surface area contributed by atoms with Gasteiger partial charge in [0.05, 0.1) is 21.3 Å². The van der Waals surface area contributed by atoms with Gasteiger partial charge in [-0.05, 0) is 12.1 Å². The van der Waals surface area contributed by atoms with Gasteiger partial charge >= 0.3 is 5.97 Å². The van der Waals surface area contributed by atoms with E-state index in [2.05, 4.69) is 9.98 Å². The lowest BCUT2D eigenvalue weighted by atomic mass is 10.2. The van der Waals surface area contributed by atoms with Crippen LogP contribution in [0.25, 0.3) is 0 Å². The van der Waals surface area contributed by atoms with Crippen LogP contribution in [0.2, 0.25) is 10.0 Å². The van der Waals surface area contributed by atoms with Gasteiger partial charge in [-0.2, -0.15) is 4.99 Å². The Bertz CT molecular complexity index is 552. The number of aliphatic imine (C=N–C) groups is 2. The lowest BCUT2D eigenvalue weighted by molar-refractivity contribution is 0.0697. The highest BCUT2D eigenvalue weighted by molar-refractivity contribution is 6.40. The second-order valence-corrected chi connectivity index (χ2v) is 3.85. The molecule has 0 spiro atoms. The molecule has 0 aliphatic heterocycles. The fourth-order valence-corrected chi connectivity index (χ4v) is 1.68. The van der Waals surface area contributed by atoms with Crippen molar-refractivity contribution in [1.29, 1.82) is 0 Å². The van der Waals surface area contributed by atoms with Crippen LogP contribution < -0.4 is 17.2 Å². The molecule has 0 aliphatic rings. The summed E-state index contributed by atoms with van der Waals surface area (Å²) in [6.45, 7) is 0. The first-order valence-electron chi connectivity index (χ1n) is 4.48. The van der Waals surface area contributed by atoms with Crippen molar-refractivity contribution >= 4 is 46.8 Å². The molecule has 0 atom stereocenters. The Balaban J connectivity index is 3.33. The molecule has 0 saturated heterocycles. The summed E-state index contributed by atoms with van der Waals surface area (Å²) in [5.41, 5.74) is 15.4. The van der Waals surface area contributed by atoms with Crippen molar-refractivity contribution in [3.63, 3.8) is 0 Å². The Labute approximate surface area is 112 Å². The van der Waals surface area contributed by atoms with Crippen molar-refractivity contribution in [2.75, 3.05) is 0 Å². The minimum Gasteiger partial charge on any atom is -0.478 e. The molecule has 96 valence electrons. The summed E-state index contributed by atoms with van der Waals surface area (Å²) in [6.07, 6.45) is 0. The number of hydrogen-bond donors (Lipinski definition) is 4. The maximum absolute atomic E-state index is 10.9. The molecule has 1 aromatic carbocycles. The van der Waals surface area contributed by atoms with E-state index in [1.54, 1.807) is 0 Å². The maximum Gasteiger partial charge on any atom is 0.338 e. The molecule has 7 nitrogen and oxygen atoms in total. The molecule has 9 heteroatoms. The molecule has 0 radical (unpaired) electrons. The number of benzene rings is 1. The van der Waals surface area contributed by atoms with Gasteiger partial charge in [-0.1, -0.05) is 23.2 Å². The van der Waals surface area contributed by atoms with Crippen LogP contribution in [0, 0.1) is 0 Å². The number of guanidine groups is 2. The van der Waals surface area contributed by atoms with Gasteiger partial charge in [-0.15, -0.1) is 0 Å². The third-order valence-electron chi connectivity index (χ3n) is 1.76. The monoisotopic (exact) mass is 289 g/mol. The summed E-state index contributed by atoms with van der Waals surface area (Å²) in [5.74, 6) is -1.81. The van der Waals surface area contributed by atoms with Gasteiger partial charge in [0.2, 0.25) is 5.96 Å². The van der Waals surface area contributed by atoms with Crippen LogP contribution in [0.3, 0.4) is 0 Å². The Morgan fingerprint density at radius 1 is 1.22 bits per heavy atom. The quantitative estimate of drug-likeness (QED) is 0.473. The number of hydrogen-bond acceptors (Lipinski definition) is 2. The normalized spacial score (nSPS) is 11.1. The summed E-state index contributed by atoms with van der Waals surface area (Å²) in [6, 6.07) is 2.73. The number of aromatic carboxylic acids is 1. The molecule has 0 aromatic heterocycles. The smallest absolute Gasteiger partial charge is 0.338 e. The van der Waals surface area contributed by atoms with Gasteiger partial charge < -0.3 is 22.3 Å². The molecule has 1 aromatic rings. The number of carbonyl (C=O) groups is 1. The fraction of sp³-hybridized carbons (Fsp3) is 0. The topological polar surface area (TPSA) is 140 Å². The number of carboxylic acid groups (broad SMARTS) is 1. The first-order chi connectivity index (χ1) is 8.32. The molecule has 7 N–H and O–H groups in total. The highest BCUT2D eigenvalue weighted by Crippen LogP contribution is 2.33. The van der Waals surface area contributed by atoms with E-state index in [1.807, 2.05) is 0 Å². The predicted octanol–water partition coefficient (Wildman–Crippen LogP) is 0.911. The molecule has 1 rings (SSSR count). The van der Waals surface area contributed by atoms with Crippen LogP contribution in [0.5, 0.6) is 0 Å². The van der Waals surface area contributed by atoms with Gasteiger partial charge in [0.25, 0.3) is 0 Å². The molecular weight excluding hydrogens is 281 g/mol. The average Bonchev–Trinajstić information content (AvgIpc) is 2.20. The third-order valence-corrected chi connectivity index (χ3v) is 2.46. The van der Waals surface area contributed by atoms with Gasteiger partial charge in [0.15, 0.2) is 5.96 Å². The molecule has 0 heterocycles. The summed E-state index contributed by atoms with van der Waals surface area (Å²) in [5, 5.41) is 8.78. The van der Waals surface area contributed by atoms with Gasteiger partial charge in [-0.25, -0.2) is 9.79 Å². The van der Waals surface area contributed by atoms with Crippen LogP contribution in [-0.2, 0) is 0 Å². The Morgan fingerprint density at radius 3 is 2.33 bits per heavy atom. The molecule has 0 aliphatic carbocycles. The molecule has 0 fully saturated rings. The lowest BCUT2D eigenvalue weighted by Crippen LogP contribution is -2.26. The predicted molar refractivity (Wildman–Crippen MR) is 70.5 cm³/mol. The zero-order valence-corrected chi connectivity index (χ0v) is 10.4. The molecule has 18 heavy (non-hydrogen) atoms. The molecule has 0 bridgehead atoms. The molecular formula is C9H9Cl2N5O2. The van der Waals surface area contributed by atoms with Crippen molar-refractivity contribution < 1.29 is 9.90 Å². The third kappa shape index (κ3) is 3.25. The number of rotatable bonds is 2. The molecule has 0 unspecified atom stereocenters. The first-order valence-corrected chi connectivity index (χ1v) is 5.23. The zero-order chi connectivity index (χ0) is 13.9. The minimum absolute atomic E-state index is 0.00754. The van der Waals surface area contributed by atoms with Crippen molar-refractivity contribution in [3.8, 4) is 0 Å². The Morgan fingerprint density at radius 2 is 1.83 bits per heavy atom. The second-order valence-electron chi connectivity index (χ2n) is 3.07. The van der Waals surface area contributed by atoms with Crippen molar-refractivity contribution in [3.05, 3.63) is 27.7 Å². The van der Waals surface area contributed by atoms with E-state index < -0.39 is 5.97 Å². The number of carboxylic acids is 1. The number of nitrogens with two attached hydrogens (primary N) is 3. The van der Waals surface area contributed by atoms with Crippen LogP contribution in [-0.4, -0.2) is 23.0 Å². The van der Waals surface area contributed by atoms with E-state index in [0.29, 0.717) is 0 Å². The first kappa shape index (κ1) is 14.1. The van der Waals surface area contributed by atoms with Crippen LogP contribution in [0.4, 0.5) is 5.69 Å². The van der Waals surface area contributed by atoms with E-state index in [4.69, 9.17) is 45.5 Å². The highest BCUT2D eigenvalue weighted by atomic mass is 35.5. The van der Waals surface area contributed by atoms with Crippen LogP contribution in [0.1, 0.15) is 10.4 Å². The Hall–Kier alpha value is -1.99. The average molecular weight is 290 g/mol. The van der Waals surface area contributed by atoms with Gasteiger partial charge in [-0.3, -0.25) is 0 Å². The minimum atomic E-state index is -1.28. The van der Waals surface area contributed by atoms with E-state index >= 15 is 0 Å². The maximum atomic E-state index is 10.9. The SMILES string of the molecule is NC(N)=NC(N)=Nc1ccc(Cl)c(C(=O)O)c1Cl. The van der Waals surface area contributed by atoms with E-state index in [0.717, 1.165) is 0 Å². The summed E-state index contributed by atoms with van der Waals surface area (Å²) in [7, 11) is 0. The van der Waals surface area contributed by atoms with Crippen LogP contribution >= 0.6 is 23.2 Å².